The molecule has 1 fully saturated rings. The van der Waals surface area contributed by atoms with Crippen LogP contribution in [-0.2, 0) is 25.5 Å². The van der Waals surface area contributed by atoms with Crippen LogP contribution in [0.5, 0.6) is 0 Å². The van der Waals surface area contributed by atoms with Crippen LogP contribution >= 0.6 is 11.3 Å². The maximum atomic E-state index is 13.9. The monoisotopic (exact) mass is 745 g/mol. The highest BCUT2D eigenvalue weighted by Crippen LogP contribution is 2.42. The standard InChI is InChI=1S/C40H51N5O7S/c1-24-21-41-17-14-27(24)26-12-13-28-29(20-26)33(45(36(47)51-39(5,6)7)37(48)52-40(8,9)10)42-22-30(28)34-43-31(23-44(11)35(46)50-38(2,3)4)32(53-34)25-15-18-49-19-16-25/h12-14,17,20-22,25H,15-16,18-19,23H2,1-11H3. The Morgan fingerprint density at radius 2 is 1.43 bits per heavy atom. The number of nitrogens with zero attached hydrogens (tertiary/aromatic N) is 5. The molecule has 0 radical (unpaired) electrons. The van der Waals surface area contributed by atoms with Crippen LogP contribution in [0.25, 0.3) is 32.5 Å². The Morgan fingerprint density at radius 3 is 2.02 bits per heavy atom. The number of thiazole rings is 1. The number of hydrogen-bond acceptors (Lipinski definition) is 11. The number of benzene rings is 1. The summed E-state index contributed by atoms with van der Waals surface area (Å²) in [5.74, 6) is 0.263. The van der Waals surface area contributed by atoms with Gasteiger partial charge in [0, 0.05) is 54.7 Å². The Morgan fingerprint density at radius 1 is 0.830 bits per heavy atom. The minimum absolute atomic E-state index is 0.0619. The first kappa shape index (κ1) is 39.6. The van der Waals surface area contributed by atoms with Crippen molar-refractivity contribution in [2.75, 3.05) is 25.2 Å². The number of anilines is 1. The van der Waals surface area contributed by atoms with E-state index in [-0.39, 0.29) is 18.3 Å². The normalized spacial score (nSPS) is 14.2. The first-order valence-corrected chi connectivity index (χ1v) is 18.6. The van der Waals surface area contributed by atoms with Gasteiger partial charge >= 0.3 is 18.3 Å². The Bertz CT molecular complexity index is 1960. The van der Waals surface area contributed by atoms with E-state index in [4.69, 9.17) is 28.9 Å². The summed E-state index contributed by atoms with van der Waals surface area (Å²) in [5.41, 5.74) is 1.75. The summed E-state index contributed by atoms with van der Waals surface area (Å²) >= 11 is 1.56. The fourth-order valence-electron chi connectivity index (χ4n) is 5.90. The third-order valence-corrected chi connectivity index (χ3v) is 9.50. The number of ether oxygens (including phenoxy) is 4. The number of pyridine rings is 2. The maximum absolute atomic E-state index is 13.9. The molecule has 3 amide bonds. The second-order valence-electron chi connectivity index (χ2n) is 16.3. The highest BCUT2D eigenvalue weighted by atomic mass is 32.1. The molecule has 1 saturated heterocycles. The van der Waals surface area contributed by atoms with Crippen LogP contribution < -0.4 is 4.90 Å². The number of hydrogen-bond donors (Lipinski definition) is 0. The van der Waals surface area contributed by atoms with E-state index >= 15 is 0 Å². The molecular formula is C40H51N5O7S. The molecule has 53 heavy (non-hydrogen) atoms. The summed E-state index contributed by atoms with van der Waals surface area (Å²) in [7, 11) is 1.71. The zero-order chi connectivity index (χ0) is 38.9. The third kappa shape index (κ3) is 9.88. The van der Waals surface area contributed by atoms with E-state index < -0.39 is 35.1 Å². The molecule has 13 heteroatoms. The van der Waals surface area contributed by atoms with Gasteiger partial charge < -0.3 is 23.8 Å². The van der Waals surface area contributed by atoms with Gasteiger partial charge in [0.1, 0.15) is 21.8 Å². The van der Waals surface area contributed by atoms with Gasteiger partial charge in [0.15, 0.2) is 5.82 Å². The first-order chi connectivity index (χ1) is 24.7. The number of imide groups is 1. The summed E-state index contributed by atoms with van der Waals surface area (Å²) in [5, 5.41) is 1.92. The second-order valence-corrected chi connectivity index (χ2v) is 17.3. The van der Waals surface area contributed by atoms with Gasteiger partial charge in [-0.05, 0) is 122 Å². The topological polar surface area (TPSA) is 133 Å². The summed E-state index contributed by atoms with van der Waals surface area (Å²) in [6, 6.07) is 7.78. The second kappa shape index (κ2) is 15.4. The molecule has 4 heterocycles. The van der Waals surface area contributed by atoms with Crippen molar-refractivity contribution < 1.29 is 33.3 Å². The molecule has 284 valence electrons. The lowest BCUT2D eigenvalue weighted by Gasteiger charge is -2.28. The van der Waals surface area contributed by atoms with Gasteiger partial charge in [0.25, 0.3) is 0 Å². The quantitative estimate of drug-likeness (QED) is 0.176. The molecule has 1 aromatic carbocycles. The van der Waals surface area contributed by atoms with E-state index in [1.165, 1.54) is 4.90 Å². The summed E-state index contributed by atoms with van der Waals surface area (Å²) in [6.45, 7) is 19.4. The number of amides is 3. The Kier molecular flexibility index (Phi) is 11.5. The molecule has 5 rings (SSSR count). The summed E-state index contributed by atoms with van der Waals surface area (Å²) in [4.78, 5) is 58.4. The molecule has 0 aliphatic carbocycles. The molecule has 1 aliphatic rings. The van der Waals surface area contributed by atoms with E-state index in [2.05, 4.69) is 4.98 Å². The molecule has 1 aliphatic heterocycles. The van der Waals surface area contributed by atoms with E-state index in [9.17, 15) is 14.4 Å². The van der Waals surface area contributed by atoms with Gasteiger partial charge in [0.2, 0.25) is 0 Å². The lowest BCUT2D eigenvalue weighted by atomic mass is 9.97. The number of aryl methyl sites for hydroxylation is 1. The van der Waals surface area contributed by atoms with Crippen molar-refractivity contribution in [3.8, 4) is 21.7 Å². The van der Waals surface area contributed by atoms with E-state index in [0.29, 0.717) is 34.6 Å². The SMILES string of the molecule is Cc1cnccc1-c1ccc2c(-c3nc(CN(C)C(=O)OC(C)(C)C)c(C4CCOCC4)s3)cnc(N(C(=O)OC(C)(C)C)C(=O)OC(C)(C)C)c2c1. The summed E-state index contributed by atoms with van der Waals surface area (Å²) < 4.78 is 22.8. The molecule has 0 atom stereocenters. The minimum atomic E-state index is -0.915. The molecule has 0 spiro atoms. The average molecular weight is 746 g/mol. The molecule has 3 aromatic heterocycles. The molecule has 12 nitrogen and oxygen atoms in total. The fourth-order valence-corrected chi connectivity index (χ4v) is 7.17. The van der Waals surface area contributed by atoms with Gasteiger partial charge in [-0.3, -0.25) is 4.98 Å². The van der Waals surface area contributed by atoms with Gasteiger partial charge in [-0.1, -0.05) is 12.1 Å². The number of rotatable bonds is 6. The van der Waals surface area contributed by atoms with Crippen LogP contribution in [0.1, 0.15) is 97.2 Å². The number of carbonyl (C=O) groups excluding carboxylic acids is 3. The van der Waals surface area contributed by atoms with Crippen LogP contribution in [0.4, 0.5) is 20.2 Å². The lowest BCUT2D eigenvalue weighted by molar-refractivity contribution is 0.0280. The number of carbonyl (C=O) groups is 3. The largest absolute Gasteiger partial charge is 0.444 e. The number of fused-ring (bicyclic) bond motifs is 1. The maximum Gasteiger partial charge on any atom is 0.425 e. The van der Waals surface area contributed by atoms with Gasteiger partial charge in [-0.25, -0.2) is 24.4 Å². The molecule has 0 saturated carbocycles. The highest BCUT2D eigenvalue weighted by Gasteiger charge is 2.36. The van der Waals surface area contributed by atoms with Crippen molar-refractivity contribution in [2.45, 2.75) is 111 Å². The number of aromatic nitrogens is 3. The molecule has 0 N–H and O–H groups in total. The van der Waals surface area contributed by atoms with Crippen LogP contribution in [0.15, 0.2) is 42.9 Å². The first-order valence-electron chi connectivity index (χ1n) is 17.8. The predicted molar refractivity (Wildman–Crippen MR) is 206 cm³/mol. The minimum Gasteiger partial charge on any atom is -0.444 e. The predicted octanol–water partition coefficient (Wildman–Crippen LogP) is 9.67. The van der Waals surface area contributed by atoms with Gasteiger partial charge in [-0.2, -0.15) is 4.90 Å². The molecule has 0 bridgehead atoms. The van der Waals surface area contributed by atoms with Crippen molar-refractivity contribution in [1.82, 2.24) is 19.9 Å². The van der Waals surface area contributed by atoms with E-state index in [0.717, 1.165) is 45.0 Å². The Labute approximate surface area is 315 Å². The van der Waals surface area contributed by atoms with E-state index in [1.54, 1.807) is 78.5 Å². The Balaban J connectivity index is 1.71. The lowest BCUT2D eigenvalue weighted by Crippen LogP contribution is -2.44. The molecular weight excluding hydrogens is 695 g/mol. The fraction of sp³-hybridized carbons (Fsp3) is 0.500. The van der Waals surface area contributed by atoms with E-state index in [1.807, 2.05) is 52.0 Å². The third-order valence-electron chi connectivity index (χ3n) is 8.20. The van der Waals surface area contributed by atoms with Gasteiger partial charge in [-0.15, -0.1) is 11.3 Å². The van der Waals surface area contributed by atoms with Crippen LogP contribution in [0.3, 0.4) is 0 Å². The van der Waals surface area contributed by atoms with Crippen LogP contribution in [0, 0.1) is 6.92 Å². The molecule has 4 aromatic rings. The molecule has 0 unspecified atom stereocenters. The van der Waals surface area contributed by atoms with Crippen LogP contribution in [0.2, 0.25) is 0 Å². The van der Waals surface area contributed by atoms with Crippen molar-refractivity contribution in [2.24, 2.45) is 0 Å². The van der Waals surface area contributed by atoms with Crippen molar-refractivity contribution in [1.29, 1.82) is 0 Å². The zero-order valence-corrected chi connectivity index (χ0v) is 33.5. The zero-order valence-electron chi connectivity index (χ0n) is 32.7. The highest BCUT2D eigenvalue weighted by molar-refractivity contribution is 7.15. The van der Waals surface area contributed by atoms with Gasteiger partial charge in [0.05, 0.1) is 12.2 Å². The van der Waals surface area contributed by atoms with Crippen molar-refractivity contribution in [3.05, 3.63) is 59.0 Å². The Hall–Kier alpha value is -4.62. The van der Waals surface area contributed by atoms with Crippen molar-refractivity contribution >= 4 is 46.2 Å². The summed E-state index contributed by atoms with van der Waals surface area (Å²) in [6.07, 6.45) is 4.53. The smallest absolute Gasteiger partial charge is 0.425 e. The average Bonchev–Trinajstić information content (AvgIpc) is 3.46. The van der Waals surface area contributed by atoms with Crippen LogP contribution in [-0.4, -0.2) is 75.2 Å². The van der Waals surface area contributed by atoms with Crippen molar-refractivity contribution in [3.63, 3.8) is 0 Å².